The van der Waals surface area contributed by atoms with Gasteiger partial charge in [-0.3, -0.25) is 0 Å². The van der Waals surface area contributed by atoms with Crippen molar-refractivity contribution in [2.24, 2.45) is 5.73 Å². The molecule has 0 aromatic carbocycles. The lowest BCUT2D eigenvalue weighted by atomic mass is 9.93. The molecule has 0 bridgehead atoms. The molecule has 16 heavy (non-hydrogen) atoms. The summed E-state index contributed by atoms with van der Waals surface area (Å²) >= 11 is 0. The van der Waals surface area contributed by atoms with E-state index in [2.05, 4.69) is 5.32 Å². The molecule has 0 spiro atoms. The maximum absolute atomic E-state index is 11.5. The molecule has 5 nitrogen and oxygen atoms in total. The van der Waals surface area contributed by atoms with Gasteiger partial charge < -0.3 is 20.9 Å². The average Bonchev–Trinajstić information content (AvgIpc) is 2.13. The second-order valence-electron chi connectivity index (χ2n) is 5.03. The van der Waals surface area contributed by atoms with Gasteiger partial charge in [-0.15, -0.1) is 0 Å². The van der Waals surface area contributed by atoms with Gasteiger partial charge in [-0.1, -0.05) is 6.92 Å². The van der Waals surface area contributed by atoms with Crippen LogP contribution in [0.1, 0.15) is 41.0 Å². The van der Waals surface area contributed by atoms with Crippen molar-refractivity contribution in [1.82, 2.24) is 5.32 Å². The molecular weight excluding hydrogens is 208 g/mol. The molecule has 0 aromatic rings. The zero-order chi connectivity index (χ0) is 13.0. The Labute approximate surface area is 97.3 Å². The molecule has 2 atom stereocenters. The topological polar surface area (TPSA) is 84.6 Å². The lowest BCUT2D eigenvalue weighted by Crippen LogP contribution is -2.55. The molecule has 0 fully saturated rings. The number of alkyl carbamates (subject to hydrolysis) is 1. The van der Waals surface area contributed by atoms with Gasteiger partial charge >= 0.3 is 6.09 Å². The highest BCUT2D eigenvalue weighted by atomic mass is 16.6. The summed E-state index contributed by atoms with van der Waals surface area (Å²) in [4.78, 5) is 11.5. The first-order valence-electron chi connectivity index (χ1n) is 5.56. The molecule has 1 amide bonds. The highest BCUT2D eigenvalue weighted by Gasteiger charge is 2.32. The Kier molecular flexibility index (Phi) is 5.22. The molecule has 2 unspecified atom stereocenters. The van der Waals surface area contributed by atoms with Crippen LogP contribution >= 0.6 is 0 Å². The van der Waals surface area contributed by atoms with Crippen molar-refractivity contribution < 1.29 is 14.6 Å². The summed E-state index contributed by atoms with van der Waals surface area (Å²) in [6, 6.07) is -0.447. The fourth-order valence-corrected chi connectivity index (χ4v) is 1.25. The Bertz CT molecular complexity index is 232. The van der Waals surface area contributed by atoms with E-state index in [1.165, 1.54) is 0 Å². The van der Waals surface area contributed by atoms with Gasteiger partial charge in [-0.2, -0.15) is 0 Å². The summed E-state index contributed by atoms with van der Waals surface area (Å²) in [5.74, 6) is 0. The molecule has 4 N–H and O–H groups in total. The molecule has 0 heterocycles. The van der Waals surface area contributed by atoms with E-state index in [0.717, 1.165) is 0 Å². The molecule has 0 aliphatic heterocycles. The van der Waals surface area contributed by atoms with Crippen molar-refractivity contribution in [2.75, 3.05) is 6.54 Å². The summed E-state index contributed by atoms with van der Waals surface area (Å²) < 4.78 is 5.09. The molecule has 96 valence electrons. The van der Waals surface area contributed by atoms with Crippen LogP contribution in [-0.4, -0.2) is 35.0 Å². The number of hydrogen-bond acceptors (Lipinski definition) is 4. The van der Waals surface area contributed by atoms with Gasteiger partial charge in [0.1, 0.15) is 5.60 Å². The van der Waals surface area contributed by atoms with Crippen LogP contribution in [-0.2, 0) is 4.74 Å². The van der Waals surface area contributed by atoms with Crippen molar-refractivity contribution in [3.63, 3.8) is 0 Å². The normalized spacial score (nSPS) is 17.4. The number of aliphatic hydroxyl groups is 1. The van der Waals surface area contributed by atoms with Crippen LogP contribution in [0.15, 0.2) is 0 Å². The maximum atomic E-state index is 11.5. The van der Waals surface area contributed by atoms with Crippen molar-refractivity contribution in [2.45, 2.75) is 58.3 Å². The third kappa shape index (κ3) is 4.81. The second kappa shape index (κ2) is 5.50. The summed E-state index contributed by atoms with van der Waals surface area (Å²) in [5.41, 5.74) is 3.85. The monoisotopic (exact) mass is 232 g/mol. The molecule has 0 aliphatic carbocycles. The third-order valence-corrected chi connectivity index (χ3v) is 2.50. The largest absolute Gasteiger partial charge is 0.444 e. The molecule has 0 saturated carbocycles. The SMILES string of the molecule is CCC(O)(CN)C(C)NC(=O)OC(C)(C)C. The highest BCUT2D eigenvalue weighted by Crippen LogP contribution is 2.14. The van der Waals surface area contributed by atoms with Crippen LogP contribution in [0.2, 0.25) is 0 Å². The second-order valence-corrected chi connectivity index (χ2v) is 5.03. The van der Waals surface area contributed by atoms with Gasteiger partial charge in [-0.25, -0.2) is 4.79 Å². The minimum atomic E-state index is -1.09. The number of carbonyl (C=O) groups excluding carboxylic acids is 1. The smallest absolute Gasteiger partial charge is 0.407 e. The van der Waals surface area contributed by atoms with Crippen LogP contribution in [0.25, 0.3) is 0 Å². The third-order valence-electron chi connectivity index (χ3n) is 2.50. The molecule has 0 aromatic heterocycles. The number of nitrogens with two attached hydrogens (primary N) is 1. The van der Waals surface area contributed by atoms with E-state index < -0.39 is 23.3 Å². The Balaban J connectivity index is 4.34. The predicted molar refractivity (Wildman–Crippen MR) is 63.1 cm³/mol. The first-order chi connectivity index (χ1) is 7.14. The Morgan fingerprint density at radius 3 is 2.31 bits per heavy atom. The van der Waals surface area contributed by atoms with Crippen molar-refractivity contribution in [1.29, 1.82) is 0 Å². The van der Waals surface area contributed by atoms with Crippen molar-refractivity contribution >= 4 is 6.09 Å². The first kappa shape index (κ1) is 15.2. The van der Waals surface area contributed by atoms with Crippen molar-refractivity contribution in [3.8, 4) is 0 Å². The van der Waals surface area contributed by atoms with Crippen LogP contribution in [0.5, 0.6) is 0 Å². The lowest BCUT2D eigenvalue weighted by molar-refractivity contribution is 0.00134. The van der Waals surface area contributed by atoms with Crippen LogP contribution in [0.4, 0.5) is 4.79 Å². The fourth-order valence-electron chi connectivity index (χ4n) is 1.25. The minimum Gasteiger partial charge on any atom is -0.444 e. The van der Waals surface area contributed by atoms with Crippen LogP contribution < -0.4 is 11.1 Å². The van der Waals surface area contributed by atoms with E-state index in [0.29, 0.717) is 6.42 Å². The van der Waals surface area contributed by atoms with Crippen LogP contribution in [0.3, 0.4) is 0 Å². The summed E-state index contributed by atoms with van der Waals surface area (Å²) in [6.07, 6.45) is -0.0687. The van der Waals surface area contributed by atoms with Gasteiger partial charge in [-0.05, 0) is 34.1 Å². The Hall–Kier alpha value is -0.810. The summed E-state index contributed by atoms with van der Waals surface area (Å²) in [5, 5.41) is 12.6. The molecular formula is C11H24N2O3. The minimum absolute atomic E-state index is 0.0977. The van der Waals surface area contributed by atoms with Crippen LogP contribution in [0, 0.1) is 0 Å². The van der Waals surface area contributed by atoms with Gasteiger partial charge in [0.25, 0.3) is 0 Å². The van der Waals surface area contributed by atoms with Crippen molar-refractivity contribution in [3.05, 3.63) is 0 Å². The summed E-state index contributed by atoms with van der Waals surface area (Å²) in [7, 11) is 0. The van der Waals surface area contributed by atoms with E-state index in [1.54, 1.807) is 27.7 Å². The number of rotatable bonds is 4. The maximum Gasteiger partial charge on any atom is 0.407 e. The quantitative estimate of drug-likeness (QED) is 0.675. The molecule has 0 rings (SSSR count). The predicted octanol–water partition coefficient (Wildman–Crippen LogP) is 0.999. The molecule has 0 aliphatic rings. The number of hydrogen-bond donors (Lipinski definition) is 3. The Morgan fingerprint density at radius 2 is 2.00 bits per heavy atom. The number of nitrogens with one attached hydrogen (secondary N) is 1. The number of amides is 1. The average molecular weight is 232 g/mol. The number of ether oxygens (including phenoxy) is 1. The van der Waals surface area contributed by atoms with E-state index in [1.807, 2.05) is 6.92 Å². The zero-order valence-corrected chi connectivity index (χ0v) is 10.8. The standard InChI is InChI=1S/C11H24N2O3/c1-6-11(15,7-12)8(2)13-9(14)16-10(3,4)5/h8,15H,6-7,12H2,1-5H3,(H,13,14). The Morgan fingerprint density at radius 1 is 1.50 bits per heavy atom. The van der Waals surface area contributed by atoms with Gasteiger partial charge in [0, 0.05) is 6.54 Å². The highest BCUT2D eigenvalue weighted by molar-refractivity contribution is 5.68. The van der Waals surface area contributed by atoms with Gasteiger partial charge in [0.15, 0.2) is 0 Å². The lowest BCUT2D eigenvalue weighted by Gasteiger charge is -2.33. The van der Waals surface area contributed by atoms with E-state index in [9.17, 15) is 9.90 Å². The van der Waals surface area contributed by atoms with Gasteiger partial charge in [0.05, 0.1) is 11.6 Å². The van der Waals surface area contributed by atoms with E-state index >= 15 is 0 Å². The summed E-state index contributed by atoms with van der Waals surface area (Å²) in [6.45, 7) is 8.98. The first-order valence-corrected chi connectivity index (χ1v) is 5.56. The zero-order valence-electron chi connectivity index (χ0n) is 10.8. The van der Waals surface area contributed by atoms with E-state index in [4.69, 9.17) is 10.5 Å². The molecule has 0 radical (unpaired) electrons. The number of carbonyl (C=O) groups is 1. The fraction of sp³-hybridized carbons (Fsp3) is 0.909. The molecule has 5 heteroatoms. The van der Waals surface area contributed by atoms with E-state index in [-0.39, 0.29) is 6.54 Å². The van der Waals surface area contributed by atoms with Gasteiger partial charge in [0.2, 0.25) is 0 Å². The molecule has 0 saturated heterocycles.